The van der Waals surface area contributed by atoms with Crippen molar-refractivity contribution in [2.24, 2.45) is 0 Å². The predicted molar refractivity (Wildman–Crippen MR) is 96.1 cm³/mol. The summed E-state index contributed by atoms with van der Waals surface area (Å²) in [6.07, 6.45) is 0. The van der Waals surface area contributed by atoms with Crippen LogP contribution in [-0.4, -0.2) is 53.8 Å². The second kappa shape index (κ2) is 9.77. The van der Waals surface area contributed by atoms with Crippen LogP contribution in [0.15, 0.2) is 12.1 Å². The maximum atomic E-state index is 12.0. The number of H-pyrrole nitrogens is 1. The Kier molecular flexibility index (Phi) is 7.42. The Morgan fingerprint density at radius 1 is 1.00 bits per heavy atom. The van der Waals surface area contributed by atoms with Crippen molar-refractivity contribution in [1.29, 1.82) is 0 Å². The molecule has 0 radical (unpaired) electrons. The Bertz CT molecular complexity index is 808. The standard InChI is InChI=1S/C17H20ClN3O6/c1-4-24-12-7-10(15-16(20-21-19-15)17(23)26-6-3)11(18)8-13(12)27-9-14(22)25-5-2/h7-8H,4-6,9H2,1-3H3,(H,19,20,21). The Balaban J connectivity index is 2.37. The third-order valence-electron chi connectivity index (χ3n) is 3.26. The first-order chi connectivity index (χ1) is 13.0. The van der Waals surface area contributed by atoms with Gasteiger partial charge in [-0.05, 0) is 26.8 Å². The molecule has 0 spiro atoms. The Hall–Kier alpha value is -2.81. The smallest absolute Gasteiger partial charge is 0.361 e. The molecule has 0 bridgehead atoms. The number of aromatic amines is 1. The van der Waals surface area contributed by atoms with Crippen LogP contribution in [0.3, 0.4) is 0 Å². The molecule has 9 nitrogen and oxygen atoms in total. The summed E-state index contributed by atoms with van der Waals surface area (Å²) in [5.74, 6) is -0.544. The first kappa shape index (κ1) is 20.5. The molecule has 0 fully saturated rings. The van der Waals surface area contributed by atoms with Crippen LogP contribution in [-0.2, 0) is 14.3 Å². The maximum absolute atomic E-state index is 12.0. The number of esters is 2. The van der Waals surface area contributed by atoms with Gasteiger partial charge in [-0.2, -0.15) is 10.3 Å². The van der Waals surface area contributed by atoms with Crippen LogP contribution in [0.1, 0.15) is 31.3 Å². The number of carbonyl (C=O) groups is 2. The molecule has 10 heteroatoms. The molecule has 1 heterocycles. The van der Waals surface area contributed by atoms with Crippen LogP contribution < -0.4 is 9.47 Å². The van der Waals surface area contributed by atoms with Crippen molar-refractivity contribution in [2.45, 2.75) is 20.8 Å². The zero-order valence-electron chi connectivity index (χ0n) is 15.2. The average Bonchev–Trinajstić information content (AvgIpc) is 3.12. The summed E-state index contributed by atoms with van der Waals surface area (Å²) in [6.45, 7) is 5.69. The monoisotopic (exact) mass is 397 g/mol. The van der Waals surface area contributed by atoms with E-state index in [4.69, 9.17) is 30.5 Å². The van der Waals surface area contributed by atoms with E-state index in [0.717, 1.165) is 0 Å². The number of halogens is 1. The van der Waals surface area contributed by atoms with Crippen LogP contribution in [0.5, 0.6) is 11.5 Å². The Morgan fingerprint density at radius 3 is 2.37 bits per heavy atom. The molecule has 2 rings (SSSR count). The van der Waals surface area contributed by atoms with Gasteiger partial charge in [0.2, 0.25) is 0 Å². The van der Waals surface area contributed by atoms with Crippen molar-refractivity contribution in [3.8, 4) is 22.8 Å². The molecule has 0 aliphatic carbocycles. The molecule has 0 saturated carbocycles. The lowest BCUT2D eigenvalue weighted by Gasteiger charge is -2.14. The van der Waals surface area contributed by atoms with E-state index in [2.05, 4.69) is 15.4 Å². The molecule has 146 valence electrons. The van der Waals surface area contributed by atoms with Gasteiger partial charge in [0.25, 0.3) is 0 Å². The molecule has 1 aromatic carbocycles. The molecule has 0 unspecified atom stereocenters. The number of benzene rings is 1. The lowest BCUT2D eigenvalue weighted by atomic mass is 10.1. The van der Waals surface area contributed by atoms with Gasteiger partial charge in [0.05, 0.1) is 24.8 Å². The van der Waals surface area contributed by atoms with Gasteiger partial charge in [-0.25, -0.2) is 9.59 Å². The van der Waals surface area contributed by atoms with Crippen LogP contribution in [0.2, 0.25) is 5.02 Å². The second-order valence-corrected chi connectivity index (χ2v) is 5.45. The zero-order valence-corrected chi connectivity index (χ0v) is 16.0. The lowest BCUT2D eigenvalue weighted by Crippen LogP contribution is -2.15. The molecule has 0 aliphatic rings. The highest BCUT2D eigenvalue weighted by Crippen LogP contribution is 2.39. The number of hydrogen-bond donors (Lipinski definition) is 1. The molecular weight excluding hydrogens is 378 g/mol. The van der Waals surface area contributed by atoms with Crippen LogP contribution in [0.4, 0.5) is 0 Å². The van der Waals surface area contributed by atoms with Gasteiger partial charge in [0.15, 0.2) is 23.8 Å². The van der Waals surface area contributed by atoms with E-state index >= 15 is 0 Å². The van der Waals surface area contributed by atoms with E-state index < -0.39 is 11.9 Å². The third kappa shape index (κ3) is 5.10. The molecule has 27 heavy (non-hydrogen) atoms. The van der Waals surface area contributed by atoms with Crippen molar-refractivity contribution >= 4 is 23.5 Å². The Morgan fingerprint density at radius 2 is 1.70 bits per heavy atom. The molecule has 0 aliphatic heterocycles. The van der Waals surface area contributed by atoms with Crippen molar-refractivity contribution in [3.63, 3.8) is 0 Å². The minimum atomic E-state index is -0.627. The number of nitrogens with one attached hydrogen (secondary N) is 1. The summed E-state index contributed by atoms with van der Waals surface area (Å²) in [5, 5.41) is 10.4. The highest BCUT2D eigenvalue weighted by Gasteiger charge is 2.23. The molecular formula is C17H20ClN3O6. The zero-order chi connectivity index (χ0) is 19.8. The van der Waals surface area contributed by atoms with Crippen molar-refractivity contribution < 1.29 is 28.5 Å². The number of nitrogens with zero attached hydrogens (tertiary/aromatic N) is 2. The van der Waals surface area contributed by atoms with E-state index in [-0.39, 0.29) is 42.0 Å². The predicted octanol–water partition coefficient (Wildman–Crippen LogP) is 2.64. The maximum Gasteiger partial charge on any atom is 0.361 e. The highest BCUT2D eigenvalue weighted by atomic mass is 35.5. The molecule has 0 atom stereocenters. The fraction of sp³-hybridized carbons (Fsp3) is 0.412. The normalized spacial score (nSPS) is 10.4. The fourth-order valence-corrected chi connectivity index (χ4v) is 2.44. The topological polar surface area (TPSA) is 113 Å². The minimum absolute atomic E-state index is 0.00129. The van der Waals surface area contributed by atoms with Crippen LogP contribution in [0, 0.1) is 0 Å². The van der Waals surface area contributed by atoms with Gasteiger partial charge < -0.3 is 18.9 Å². The van der Waals surface area contributed by atoms with E-state index in [1.807, 2.05) is 0 Å². The molecule has 0 saturated heterocycles. The van der Waals surface area contributed by atoms with Gasteiger partial charge in [0, 0.05) is 11.6 Å². The summed E-state index contributed by atoms with van der Waals surface area (Å²) in [4.78, 5) is 23.5. The summed E-state index contributed by atoms with van der Waals surface area (Å²) < 4.78 is 20.8. The van der Waals surface area contributed by atoms with E-state index in [1.54, 1.807) is 26.8 Å². The SMILES string of the molecule is CCOC(=O)COc1cc(Cl)c(-c2n[nH]nc2C(=O)OCC)cc1OCC. The van der Waals surface area contributed by atoms with E-state index in [1.165, 1.54) is 6.07 Å². The molecule has 1 aromatic heterocycles. The Labute approximate surface area is 160 Å². The quantitative estimate of drug-likeness (QED) is 0.642. The highest BCUT2D eigenvalue weighted by molar-refractivity contribution is 6.33. The van der Waals surface area contributed by atoms with Gasteiger partial charge >= 0.3 is 11.9 Å². The largest absolute Gasteiger partial charge is 0.490 e. The summed E-state index contributed by atoms with van der Waals surface area (Å²) in [6, 6.07) is 3.04. The van der Waals surface area contributed by atoms with Crippen molar-refractivity contribution in [1.82, 2.24) is 15.4 Å². The van der Waals surface area contributed by atoms with Gasteiger partial charge in [-0.1, -0.05) is 11.6 Å². The molecule has 0 amide bonds. The van der Waals surface area contributed by atoms with Crippen molar-refractivity contribution in [3.05, 3.63) is 22.8 Å². The average molecular weight is 398 g/mol. The molecule has 2 aromatic rings. The fourth-order valence-electron chi connectivity index (χ4n) is 2.20. The van der Waals surface area contributed by atoms with Crippen LogP contribution >= 0.6 is 11.6 Å². The third-order valence-corrected chi connectivity index (χ3v) is 3.57. The minimum Gasteiger partial charge on any atom is -0.490 e. The summed E-state index contributed by atoms with van der Waals surface area (Å²) in [7, 11) is 0. The van der Waals surface area contributed by atoms with Gasteiger partial charge in [-0.3, -0.25) is 0 Å². The van der Waals surface area contributed by atoms with E-state index in [9.17, 15) is 9.59 Å². The lowest BCUT2D eigenvalue weighted by molar-refractivity contribution is -0.145. The van der Waals surface area contributed by atoms with Gasteiger partial charge in [0.1, 0.15) is 5.69 Å². The first-order valence-electron chi connectivity index (χ1n) is 8.34. The summed E-state index contributed by atoms with van der Waals surface area (Å²) >= 11 is 6.34. The number of rotatable bonds is 9. The summed E-state index contributed by atoms with van der Waals surface area (Å²) in [5.41, 5.74) is 0.623. The number of aromatic nitrogens is 3. The van der Waals surface area contributed by atoms with Gasteiger partial charge in [-0.15, -0.1) is 5.10 Å². The molecule has 1 N–H and O–H groups in total. The second-order valence-electron chi connectivity index (χ2n) is 5.05. The first-order valence-corrected chi connectivity index (χ1v) is 8.72. The number of carbonyl (C=O) groups excluding carboxylic acids is 2. The van der Waals surface area contributed by atoms with Crippen LogP contribution in [0.25, 0.3) is 11.3 Å². The van der Waals surface area contributed by atoms with Crippen molar-refractivity contribution in [2.75, 3.05) is 26.4 Å². The number of hydrogen-bond acceptors (Lipinski definition) is 8. The number of ether oxygens (including phenoxy) is 4. The van der Waals surface area contributed by atoms with E-state index in [0.29, 0.717) is 17.9 Å².